The second kappa shape index (κ2) is 9.37. The van der Waals surface area contributed by atoms with E-state index in [0.717, 1.165) is 56.3 Å². The average molecular weight is 434 g/mol. The van der Waals surface area contributed by atoms with Gasteiger partial charge in [0, 0.05) is 54.4 Å². The van der Waals surface area contributed by atoms with Crippen LogP contribution in [0.15, 0.2) is 47.5 Å². The van der Waals surface area contributed by atoms with Gasteiger partial charge in [0.15, 0.2) is 0 Å². The zero-order valence-corrected chi connectivity index (χ0v) is 20.0. The van der Waals surface area contributed by atoms with E-state index in [2.05, 4.69) is 80.0 Å². The molecule has 2 aliphatic heterocycles. The summed E-state index contributed by atoms with van der Waals surface area (Å²) in [6.07, 6.45) is 5.38. The van der Waals surface area contributed by atoms with Gasteiger partial charge in [-0.3, -0.25) is 4.99 Å². The lowest BCUT2D eigenvalue weighted by Gasteiger charge is -2.43. The molecule has 0 aliphatic carbocycles. The molecule has 0 amide bonds. The number of benzene rings is 2. The van der Waals surface area contributed by atoms with Gasteiger partial charge < -0.3 is 19.3 Å². The highest BCUT2D eigenvalue weighted by Crippen LogP contribution is 2.42. The van der Waals surface area contributed by atoms with Gasteiger partial charge in [-0.15, -0.1) is 0 Å². The summed E-state index contributed by atoms with van der Waals surface area (Å²) in [4.78, 5) is 9.57. The van der Waals surface area contributed by atoms with Crippen LogP contribution in [0.25, 0.3) is 5.57 Å². The maximum absolute atomic E-state index is 5.77. The number of aliphatic imine (C=N–C) groups is 1. The molecule has 0 radical (unpaired) electrons. The fourth-order valence-corrected chi connectivity index (χ4v) is 4.75. The molecule has 2 aromatic carbocycles. The summed E-state index contributed by atoms with van der Waals surface area (Å²) in [5, 5.41) is 0. The van der Waals surface area contributed by atoms with Crippen LogP contribution < -0.4 is 14.5 Å². The molecule has 0 saturated carbocycles. The smallest absolute Gasteiger partial charge is 0.129 e. The van der Waals surface area contributed by atoms with Crippen molar-refractivity contribution >= 4 is 28.8 Å². The van der Waals surface area contributed by atoms with Crippen LogP contribution in [0.5, 0.6) is 5.75 Å². The lowest BCUT2D eigenvalue weighted by molar-refractivity contribution is 0.122. The normalized spacial score (nSPS) is 18.0. The summed E-state index contributed by atoms with van der Waals surface area (Å²) >= 11 is 0. The van der Waals surface area contributed by atoms with Crippen LogP contribution in [0.2, 0.25) is 0 Å². The van der Waals surface area contributed by atoms with Crippen molar-refractivity contribution in [1.29, 1.82) is 0 Å². The number of nitrogens with zero attached hydrogens (tertiary/aromatic N) is 3. The SMILES string of the molecule is CCCN1c2cc(OC)c(C=Nc3ccc(N4CCOCC4)cc3)cc2C(C)=CC1(C)C. The molecule has 2 aliphatic rings. The van der Waals surface area contributed by atoms with Gasteiger partial charge >= 0.3 is 0 Å². The van der Waals surface area contributed by atoms with Crippen LogP contribution in [-0.2, 0) is 4.74 Å². The van der Waals surface area contributed by atoms with E-state index in [4.69, 9.17) is 14.5 Å². The van der Waals surface area contributed by atoms with Crippen LogP contribution >= 0.6 is 0 Å². The van der Waals surface area contributed by atoms with Gasteiger partial charge in [-0.05, 0) is 63.1 Å². The van der Waals surface area contributed by atoms with E-state index in [1.807, 2.05) is 6.21 Å². The number of morpholine rings is 1. The van der Waals surface area contributed by atoms with E-state index >= 15 is 0 Å². The van der Waals surface area contributed by atoms with E-state index in [1.165, 1.54) is 22.5 Å². The summed E-state index contributed by atoms with van der Waals surface area (Å²) in [6, 6.07) is 12.8. The Balaban J connectivity index is 1.62. The zero-order chi connectivity index (χ0) is 22.7. The largest absolute Gasteiger partial charge is 0.496 e. The third-order valence-electron chi connectivity index (χ3n) is 6.35. The van der Waals surface area contributed by atoms with Gasteiger partial charge in [-0.2, -0.15) is 0 Å². The fourth-order valence-electron chi connectivity index (χ4n) is 4.75. The van der Waals surface area contributed by atoms with Crippen molar-refractivity contribution in [3.8, 4) is 5.75 Å². The third kappa shape index (κ3) is 4.53. The predicted molar refractivity (Wildman–Crippen MR) is 135 cm³/mol. The number of rotatable bonds is 6. The number of allylic oxidation sites excluding steroid dienone is 1. The summed E-state index contributed by atoms with van der Waals surface area (Å²) in [7, 11) is 1.73. The minimum absolute atomic E-state index is 0.0179. The molecule has 0 atom stereocenters. The molecule has 2 aromatic rings. The maximum atomic E-state index is 5.77. The van der Waals surface area contributed by atoms with E-state index in [1.54, 1.807) is 7.11 Å². The minimum atomic E-state index is -0.0179. The van der Waals surface area contributed by atoms with E-state index < -0.39 is 0 Å². The average Bonchev–Trinajstić information content (AvgIpc) is 2.80. The molecule has 5 heteroatoms. The standard InChI is InChI=1S/C27H35N3O2/c1-6-11-30-25-17-26(31-5)21(16-24(25)20(2)18-27(30,3)4)19-28-22-7-9-23(10-8-22)29-12-14-32-15-13-29/h7-10,16-19H,6,11-15H2,1-5H3. The first-order valence-electron chi connectivity index (χ1n) is 11.6. The van der Waals surface area contributed by atoms with E-state index in [-0.39, 0.29) is 5.54 Å². The van der Waals surface area contributed by atoms with Crippen molar-refractivity contribution in [2.24, 2.45) is 4.99 Å². The Bertz CT molecular complexity index is 1000. The van der Waals surface area contributed by atoms with Crippen LogP contribution in [-0.4, -0.2) is 51.7 Å². The zero-order valence-electron chi connectivity index (χ0n) is 20.0. The molecule has 32 heavy (non-hydrogen) atoms. The molecule has 170 valence electrons. The number of ether oxygens (including phenoxy) is 2. The fraction of sp³-hybridized carbons (Fsp3) is 0.444. The lowest BCUT2D eigenvalue weighted by Crippen LogP contribution is -2.45. The molecular formula is C27H35N3O2. The maximum Gasteiger partial charge on any atom is 0.129 e. The van der Waals surface area contributed by atoms with Crippen LogP contribution in [0.1, 0.15) is 45.2 Å². The van der Waals surface area contributed by atoms with Crippen molar-refractivity contribution in [2.75, 3.05) is 49.8 Å². The number of anilines is 2. The van der Waals surface area contributed by atoms with Crippen LogP contribution in [0.3, 0.4) is 0 Å². The van der Waals surface area contributed by atoms with Gasteiger partial charge in [0.1, 0.15) is 5.75 Å². The Labute approximate surface area is 192 Å². The topological polar surface area (TPSA) is 37.3 Å². The molecule has 0 bridgehead atoms. The van der Waals surface area contributed by atoms with Crippen LogP contribution in [0.4, 0.5) is 17.1 Å². The Kier molecular flexibility index (Phi) is 6.56. The number of hydrogen-bond donors (Lipinski definition) is 0. The number of fused-ring (bicyclic) bond motifs is 1. The van der Waals surface area contributed by atoms with Crippen LogP contribution in [0, 0.1) is 0 Å². The van der Waals surface area contributed by atoms with Gasteiger partial charge in [-0.1, -0.05) is 13.0 Å². The highest BCUT2D eigenvalue weighted by atomic mass is 16.5. The van der Waals surface area contributed by atoms with Crippen molar-refractivity contribution < 1.29 is 9.47 Å². The lowest BCUT2D eigenvalue weighted by atomic mass is 9.87. The van der Waals surface area contributed by atoms with Crippen molar-refractivity contribution in [2.45, 2.75) is 39.7 Å². The van der Waals surface area contributed by atoms with Crippen molar-refractivity contribution in [3.05, 3.63) is 53.6 Å². The number of hydrogen-bond acceptors (Lipinski definition) is 5. The molecular weight excluding hydrogens is 398 g/mol. The molecule has 5 nitrogen and oxygen atoms in total. The Morgan fingerprint density at radius 3 is 2.50 bits per heavy atom. The summed E-state index contributed by atoms with van der Waals surface area (Å²) in [5.41, 5.74) is 6.91. The van der Waals surface area contributed by atoms with Gasteiger partial charge in [0.25, 0.3) is 0 Å². The highest BCUT2D eigenvalue weighted by molar-refractivity contribution is 5.92. The highest BCUT2D eigenvalue weighted by Gasteiger charge is 2.31. The van der Waals surface area contributed by atoms with Crippen molar-refractivity contribution in [3.63, 3.8) is 0 Å². The van der Waals surface area contributed by atoms with E-state index in [9.17, 15) is 0 Å². The predicted octanol–water partition coefficient (Wildman–Crippen LogP) is 5.69. The third-order valence-corrected chi connectivity index (χ3v) is 6.35. The quantitative estimate of drug-likeness (QED) is 0.548. The first-order chi connectivity index (χ1) is 15.4. The summed E-state index contributed by atoms with van der Waals surface area (Å²) in [5.74, 6) is 0.851. The van der Waals surface area contributed by atoms with Gasteiger partial charge in [-0.25, -0.2) is 0 Å². The minimum Gasteiger partial charge on any atom is -0.496 e. The number of methoxy groups -OCH3 is 1. The molecule has 4 rings (SSSR count). The van der Waals surface area contributed by atoms with Crippen molar-refractivity contribution in [1.82, 2.24) is 0 Å². The molecule has 1 fully saturated rings. The first kappa shape index (κ1) is 22.4. The summed E-state index contributed by atoms with van der Waals surface area (Å²) in [6.45, 7) is 13.4. The first-order valence-corrected chi connectivity index (χ1v) is 11.6. The monoisotopic (exact) mass is 433 g/mol. The molecule has 0 unspecified atom stereocenters. The van der Waals surface area contributed by atoms with Gasteiger partial charge in [0.05, 0.1) is 31.5 Å². The summed E-state index contributed by atoms with van der Waals surface area (Å²) < 4.78 is 11.2. The molecule has 0 spiro atoms. The molecule has 0 aromatic heterocycles. The molecule has 0 N–H and O–H groups in total. The second-order valence-corrected chi connectivity index (χ2v) is 9.12. The second-order valence-electron chi connectivity index (χ2n) is 9.12. The Hall–Kier alpha value is -2.79. The van der Waals surface area contributed by atoms with E-state index in [0.29, 0.717) is 0 Å². The Morgan fingerprint density at radius 1 is 1.12 bits per heavy atom. The van der Waals surface area contributed by atoms with Gasteiger partial charge in [0.2, 0.25) is 0 Å². The molecule has 2 heterocycles. The Morgan fingerprint density at radius 2 is 1.84 bits per heavy atom. The molecule has 1 saturated heterocycles.